The number of aryl methyl sites for hydroxylation is 2. The highest BCUT2D eigenvalue weighted by atomic mass is 32.1. The van der Waals surface area contributed by atoms with E-state index in [-0.39, 0.29) is 5.56 Å². The third-order valence-corrected chi connectivity index (χ3v) is 5.70. The number of hydrogen-bond donors (Lipinski definition) is 2. The molecule has 0 fully saturated rings. The molecule has 3 aromatic heterocycles. The van der Waals surface area contributed by atoms with E-state index in [0.29, 0.717) is 18.1 Å². The summed E-state index contributed by atoms with van der Waals surface area (Å²) in [5, 5.41) is 13.2. The molecule has 3 aromatic rings. The molecule has 0 amide bonds. The van der Waals surface area contributed by atoms with E-state index in [1.54, 1.807) is 22.2 Å². The average molecular weight is 334 g/mol. The van der Waals surface area contributed by atoms with E-state index >= 15 is 0 Å². The molecule has 0 aliphatic carbocycles. The lowest BCUT2D eigenvalue weighted by molar-refractivity contribution is 0.648. The molecule has 4 rings (SSSR count). The van der Waals surface area contributed by atoms with Gasteiger partial charge in [0.1, 0.15) is 9.84 Å². The van der Waals surface area contributed by atoms with E-state index in [1.807, 2.05) is 0 Å². The minimum absolute atomic E-state index is 0.0434. The van der Waals surface area contributed by atoms with Crippen molar-refractivity contribution in [2.45, 2.75) is 25.9 Å². The summed E-state index contributed by atoms with van der Waals surface area (Å²) >= 11 is 2.97. The first-order valence-corrected chi connectivity index (χ1v) is 8.64. The van der Waals surface area contributed by atoms with Crippen molar-refractivity contribution in [2.24, 2.45) is 0 Å². The fourth-order valence-corrected chi connectivity index (χ4v) is 4.44. The van der Waals surface area contributed by atoms with Crippen molar-refractivity contribution in [1.29, 1.82) is 0 Å². The topological polar surface area (TPSA) is 98.7 Å². The summed E-state index contributed by atoms with van der Waals surface area (Å²) in [6.07, 6.45) is 3.16. The van der Waals surface area contributed by atoms with Crippen molar-refractivity contribution >= 4 is 38.0 Å². The summed E-state index contributed by atoms with van der Waals surface area (Å²) in [6.45, 7) is 2.29. The van der Waals surface area contributed by atoms with Crippen molar-refractivity contribution in [2.75, 3.05) is 12.3 Å². The van der Waals surface area contributed by atoms with Gasteiger partial charge in [0.2, 0.25) is 5.13 Å². The number of nitrogens with one attached hydrogen (secondary N) is 1. The zero-order valence-electron chi connectivity index (χ0n) is 11.7. The van der Waals surface area contributed by atoms with Crippen molar-refractivity contribution in [3.8, 4) is 0 Å². The summed E-state index contributed by atoms with van der Waals surface area (Å²) in [5.74, 6) is 0. The molecule has 3 N–H and O–H groups in total. The van der Waals surface area contributed by atoms with Gasteiger partial charge < -0.3 is 11.1 Å². The van der Waals surface area contributed by atoms with Crippen LogP contribution in [0.1, 0.15) is 15.4 Å². The van der Waals surface area contributed by atoms with Gasteiger partial charge in [-0.25, -0.2) is 4.98 Å². The Hall–Kier alpha value is -1.84. The van der Waals surface area contributed by atoms with Crippen LogP contribution in [0.25, 0.3) is 10.2 Å². The van der Waals surface area contributed by atoms with Crippen LogP contribution in [-0.4, -0.2) is 26.3 Å². The number of fused-ring (bicyclic) bond motifs is 3. The first kappa shape index (κ1) is 13.8. The van der Waals surface area contributed by atoms with Crippen LogP contribution in [0.5, 0.6) is 0 Å². The molecule has 0 saturated carbocycles. The van der Waals surface area contributed by atoms with Crippen molar-refractivity contribution in [3.63, 3.8) is 0 Å². The summed E-state index contributed by atoms with van der Waals surface area (Å²) in [6, 6.07) is 0. The van der Waals surface area contributed by atoms with Crippen molar-refractivity contribution in [1.82, 2.24) is 25.1 Å². The fraction of sp³-hybridized carbons (Fsp3) is 0.385. The highest BCUT2D eigenvalue weighted by molar-refractivity contribution is 7.18. The predicted molar refractivity (Wildman–Crippen MR) is 87.3 cm³/mol. The summed E-state index contributed by atoms with van der Waals surface area (Å²) in [5.41, 5.74) is 6.79. The maximum absolute atomic E-state index is 12.7. The second-order valence-electron chi connectivity index (χ2n) is 5.14. The SMILES string of the molecule is Nc1nnc(CCn2cnc3sc4c(c3c2=O)CCNC4)s1. The molecular formula is C13H14N6OS2. The van der Waals surface area contributed by atoms with Gasteiger partial charge in [-0.1, -0.05) is 11.3 Å². The van der Waals surface area contributed by atoms with E-state index in [0.717, 1.165) is 34.7 Å². The molecule has 0 saturated heterocycles. The quantitative estimate of drug-likeness (QED) is 0.734. The summed E-state index contributed by atoms with van der Waals surface area (Å²) in [7, 11) is 0. The number of nitrogens with zero attached hydrogens (tertiary/aromatic N) is 4. The molecule has 0 bridgehead atoms. The molecule has 22 heavy (non-hydrogen) atoms. The van der Waals surface area contributed by atoms with Gasteiger partial charge in [0.15, 0.2) is 0 Å². The van der Waals surface area contributed by atoms with Gasteiger partial charge >= 0.3 is 0 Å². The second kappa shape index (κ2) is 5.41. The first-order chi connectivity index (χ1) is 10.7. The Morgan fingerprint density at radius 2 is 2.27 bits per heavy atom. The maximum atomic E-state index is 12.7. The normalized spacial score (nSPS) is 14.4. The second-order valence-corrected chi connectivity index (χ2v) is 7.32. The predicted octanol–water partition coefficient (Wildman–Crippen LogP) is 0.780. The monoisotopic (exact) mass is 334 g/mol. The molecule has 0 radical (unpaired) electrons. The van der Waals surface area contributed by atoms with Gasteiger partial charge in [-0.2, -0.15) is 0 Å². The van der Waals surface area contributed by atoms with Gasteiger partial charge in [0.25, 0.3) is 5.56 Å². The minimum atomic E-state index is 0.0434. The van der Waals surface area contributed by atoms with Crippen LogP contribution in [0, 0.1) is 0 Å². The van der Waals surface area contributed by atoms with Crippen molar-refractivity contribution < 1.29 is 0 Å². The molecule has 114 valence electrons. The Morgan fingerprint density at radius 3 is 3.09 bits per heavy atom. The Bertz CT molecular complexity index is 896. The first-order valence-electron chi connectivity index (χ1n) is 7.00. The largest absolute Gasteiger partial charge is 0.374 e. The van der Waals surface area contributed by atoms with E-state index < -0.39 is 0 Å². The van der Waals surface area contributed by atoms with Gasteiger partial charge in [0.05, 0.1) is 11.7 Å². The van der Waals surface area contributed by atoms with Crippen LogP contribution in [0.2, 0.25) is 0 Å². The van der Waals surface area contributed by atoms with Gasteiger partial charge in [-0.05, 0) is 18.5 Å². The van der Waals surface area contributed by atoms with Crippen LogP contribution < -0.4 is 16.6 Å². The molecule has 0 atom stereocenters. The number of thiophene rings is 1. The molecule has 1 aliphatic rings. The van der Waals surface area contributed by atoms with Crippen LogP contribution in [0.4, 0.5) is 5.13 Å². The van der Waals surface area contributed by atoms with Crippen LogP contribution >= 0.6 is 22.7 Å². The molecule has 0 unspecified atom stereocenters. The Balaban J connectivity index is 1.69. The van der Waals surface area contributed by atoms with E-state index in [1.165, 1.54) is 21.8 Å². The zero-order chi connectivity index (χ0) is 15.1. The molecule has 4 heterocycles. The van der Waals surface area contributed by atoms with Gasteiger partial charge in [-0.15, -0.1) is 21.5 Å². The van der Waals surface area contributed by atoms with Gasteiger partial charge in [-0.3, -0.25) is 9.36 Å². The molecular weight excluding hydrogens is 320 g/mol. The Labute approximate surface area is 133 Å². The number of rotatable bonds is 3. The number of hydrogen-bond acceptors (Lipinski definition) is 8. The number of nitrogens with two attached hydrogens (primary N) is 1. The standard InChI is InChI=1S/C13H14N6OS2/c14-13-18-17-9(22-13)2-4-19-6-16-11-10(12(19)20)7-1-3-15-5-8(7)21-11/h6,15H,1-5H2,(H2,14,18). The molecule has 9 heteroatoms. The summed E-state index contributed by atoms with van der Waals surface area (Å²) < 4.78 is 1.66. The zero-order valence-corrected chi connectivity index (χ0v) is 13.3. The lowest BCUT2D eigenvalue weighted by Gasteiger charge is -2.12. The van der Waals surface area contributed by atoms with Gasteiger partial charge in [0, 0.05) is 24.4 Å². The van der Waals surface area contributed by atoms with E-state index in [4.69, 9.17) is 5.73 Å². The smallest absolute Gasteiger partial charge is 0.262 e. The summed E-state index contributed by atoms with van der Waals surface area (Å²) in [4.78, 5) is 19.3. The van der Waals surface area contributed by atoms with E-state index in [9.17, 15) is 4.79 Å². The number of anilines is 1. The molecule has 7 nitrogen and oxygen atoms in total. The minimum Gasteiger partial charge on any atom is -0.374 e. The Morgan fingerprint density at radius 1 is 1.36 bits per heavy atom. The number of nitrogen functional groups attached to an aromatic ring is 1. The lowest BCUT2D eigenvalue weighted by Crippen LogP contribution is -2.25. The third kappa shape index (κ3) is 2.31. The van der Waals surface area contributed by atoms with Crippen LogP contribution in [0.3, 0.4) is 0 Å². The van der Waals surface area contributed by atoms with Crippen LogP contribution in [0.15, 0.2) is 11.1 Å². The highest BCUT2D eigenvalue weighted by Crippen LogP contribution is 2.29. The van der Waals surface area contributed by atoms with Crippen LogP contribution in [-0.2, 0) is 25.9 Å². The third-order valence-electron chi connectivity index (χ3n) is 3.75. The highest BCUT2D eigenvalue weighted by Gasteiger charge is 2.19. The number of aromatic nitrogens is 4. The Kier molecular flexibility index (Phi) is 3.40. The average Bonchev–Trinajstić information content (AvgIpc) is 3.10. The lowest BCUT2D eigenvalue weighted by atomic mass is 10.1. The maximum Gasteiger partial charge on any atom is 0.262 e. The molecule has 1 aliphatic heterocycles. The fourth-order valence-electron chi connectivity index (χ4n) is 2.69. The van der Waals surface area contributed by atoms with E-state index in [2.05, 4.69) is 20.5 Å². The van der Waals surface area contributed by atoms with Crippen molar-refractivity contribution in [3.05, 3.63) is 32.1 Å². The molecule has 0 aromatic carbocycles. The molecule has 0 spiro atoms.